The molecule has 0 saturated heterocycles. The van der Waals surface area contributed by atoms with Gasteiger partial charge in [-0.2, -0.15) is 4.98 Å². The zero-order valence-corrected chi connectivity index (χ0v) is 19.6. The summed E-state index contributed by atoms with van der Waals surface area (Å²) in [6.45, 7) is 1.81. The van der Waals surface area contributed by atoms with E-state index in [0.29, 0.717) is 22.1 Å². The molecule has 0 atom stereocenters. The molecule has 1 fully saturated rings. The Labute approximate surface area is 205 Å². The van der Waals surface area contributed by atoms with Crippen LogP contribution in [0.5, 0.6) is 5.88 Å². The highest BCUT2D eigenvalue weighted by Gasteiger charge is 2.46. The fourth-order valence-electron chi connectivity index (χ4n) is 4.56. The molecule has 3 aliphatic rings. The first-order valence-electron chi connectivity index (χ1n) is 10.5. The van der Waals surface area contributed by atoms with E-state index < -0.39 is 0 Å². The molecule has 0 unspecified atom stereocenters. The molecule has 1 spiro atoms. The molecule has 2 aliphatic heterocycles. The number of nitrogens with zero attached hydrogens (tertiary/aromatic N) is 3. The van der Waals surface area contributed by atoms with Gasteiger partial charge in [0, 0.05) is 35.4 Å². The van der Waals surface area contributed by atoms with Crippen molar-refractivity contribution in [1.82, 2.24) is 15.3 Å². The summed E-state index contributed by atoms with van der Waals surface area (Å²) in [7, 11) is 0. The van der Waals surface area contributed by atoms with Crippen LogP contribution in [0.15, 0.2) is 36.5 Å². The van der Waals surface area contributed by atoms with Gasteiger partial charge in [0.05, 0.1) is 15.7 Å². The lowest BCUT2D eigenvalue weighted by molar-refractivity contribution is 0.0932. The molecule has 1 amide bonds. The van der Waals surface area contributed by atoms with E-state index in [1.165, 1.54) is 47.2 Å². The first-order valence-corrected chi connectivity index (χ1v) is 11.6. The minimum absolute atomic E-state index is 0.0873. The van der Waals surface area contributed by atoms with Gasteiger partial charge in [0.2, 0.25) is 11.8 Å². The highest BCUT2D eigenvalue weighted by atomic mass is 35.5. The number of nitrogens with one attached hydrogen (secondary N) is 2. The van der Waals surface area contributed by atoms with Crippen LogP contribution in [0.4, 0.5) is 17.3 Å². The third-order valence-electron chi connectivity index (χ3n) is 6.38. The van der Waals surface area contributed by atoms with Crippen LogP contribution < -0.4 is 20.3 Å². The van der Waals surface area contributed by atoms with Gasteiger partial charge in [0.25, 0.3) is 5.91 Å². The van der Waals surface area contributed by atoms with Gasteiger partial charge in [0.15, 0.2) is 6.73 Å². The number of halogens is 3. The quantitative estimate of drug-likeness (QED) is 0.505. The Morgan fingerprint density at radius 3 is 2.67 bits per heavy atom. The van der Waals surface area contributed by atoms with Crippen molar-refractivity contribution in [3.63, 3.8) is 0 Å². The molecule has 1 saturated carbocycles. The number of aromatic nitrogens is 2. The monoisotopic (exact) mass is 501 g/mol. The van der Waals surface area contributed by atoms with Crippen LogP contribution in [0.3, 0.4) is 0 Å². The molecular formula is C23H18Cl3N5O2. The van der Waals surface area contributed by atoms with Gasteiger partial charge in [-0.1, -0.05) is 40.9 Å². The Kier molecular flexibility index (Phi) is 4.92. The fraction of sp³-hybridized carbons (Fsp3) is 0.261. The van der Waals surface area contributed by atoms with E-state index in [0.717, 1.165) is 18.8 Å². The van der Waals surface area contributed by atoms with Crippen molar-refractivity contribution in [1.29, 1.82) is 0 Å². The second-order valence-corrected chi connectivity index (χ2v) is 9.77. The summed E-state index contributed by atoms with van der Waals surface area (Å²) in [6.07, 6.45) is 3.92. The van der Waals surface area contributed by atoms with Gasteiger partial charge in [-0.05, 0) is 48.2 Å². The number of hydrogen-bond donors (Lipinski definition) is 2. The number of carbonyl (C=O) groups is 1. The van der Waals surface area contributed by atoms with Crippen LogP contribution >= 0.6 is 34.8 Å². The molecule has 2 aromatic carbocycles. The summed E-state index contributed by atoms with van der Waals surface area (Å²) < 4.78 is 5.76. The van der Waals surface area contributed by atoms with Crippen molar-refractivity contribution in [2.75, 3.05) is 23.5 Å². The van der Waals surface area contributed by atoms with E-state index in [2.05, 4.69) is 32.7 Å². The van der Waals surface area contributed by atoms with Crippen LogP contribution in [0.1, 0.15) is 34.3 Å². The van der Waals surface area contributed by atoms with Gasteiger partial charge in [-0.15, -0.1) is 0 Å². The standard InChI is InChI=1S/C23H18Cl3N5O2/c24-13-6-17(25)19(18(26)7-13)31-11-33-20-15(21(31)32)9-28-22(30-20)29-14-1-2-16-12(5-14)8-27-10-23(16)3-4-23/h1-2,5-7,9,27H,3-4,8,10-11H2,(H,28,29,30). The van der Waals surface area contributed by atoms with Crippen LogP contribution in [0, 0.1) is 0 Å². The summed E-state index contributed by atoms with van der Waals surface area (Å²) >= 11 is 18.6. The average Bonchev–Trinajstić information content (AvgIpc) is 3.54. The Bertz CT molecular complexity index is 1290. The smallest absolute Gasteiger partial charge is 0.268 e. The van der Waals surface area contributed by atoms with Gasteiger partial charge in [-0.3, -0.25) is 9.69 Å². The summed E-state index contributed by atoms with van der Waals surface area (Å²) in [5, 5.41) is 7.62. The largest absolute Gasteiger partial charge is 0.455 e. The maximum atomic E-state index is 13.1. The number of amides is 1. The summed E-state index contributed by atoms with van der Waals surface area (Å²) in [5.41, 5.74) is 4.49. The number of benzene rings is 2. The molecule has 1 aromatic heterocycles. The average molecular weight is 503 g/mol. The number of anilines is 3. The number of hydrogen-bond acceptors (Lipinski definition) is 6. The third-order valence-corrected chi connectivity index (χ3v) is 7.17. The molecule has 10 heteroatoms. The topological polar surface area (TPSA) is 79.4 Å². The zero-order chi connectivity index (χ0) is 22.7. The number of rotatable bonds is 3. The molecule has 0 bridgehead atoms. The maximum Gasteiger partial charge on any atom is 0.268 e. The highest BCUT2D eigenvalue weighted by molar-refractivity contribution is 6.42. The molecule has 3 heterocycles. The minimum atomic E-state index is -0.358. The molecule has 0 radical (unpaired) electrons. The first kappa shape index (κ1) is 21.0. The molecule has 7 nitrogen and oxygen atoms in total. The van der Waals surface area contributed by atoms with Crippen molar-refractivity contribution < 1.29 is 9.53 Å². The summed E-state index contributed by atoms with van der Waals surface area (Å²) in [4.78, 5) is 23.2. The molecule has 3 aromatic rings. The molecular weight excluding hydrogens is 485 g/mol. The normalized spacial score (nSPS) is 17.9. The van der Waals surface area contributed by atoms with Crippen LogP contribution in [-0.2, 0) is 12.0 Å². The molecule has 168 valence electrons. The highest BCUT2D eigenvalue weighted by Crippen LogP contribution is 2.50. The SMILES string of the molecule is O=C1c2cnc(Nc3ccc4c(c3)CNCC43CC3)nc2OCN1c1c(Cl)cc(Cl)cc1Cl. The second kappa shape index (κ2) is 7.74. The lowest BCUT2D eigenvalue weighted by Gasteiger charge is -2.29. The number of carbonyl (C=O) groups excluding carboxylic acids is 1. The Morgan fingerprint density at radius 1 is 1.12 bits per heavy atom. The molecule has 6 rings (SSSR count). The van der Waals surface area contributed by atoms with Crippen LogP contribution in [0.25, 0.3) is 0 Å². The first-order chi connectivity index (χ1) is 15.9. The van der Waals surface area contributed by atoms with E-state index in [4.69, 9.17) is 39.5 Å². The number of ether oxygens (including phenoxy) is 1. The van der Waals surface area contributed by atoms with E-state index >= 15 is 0 Å². The van der Waals surface area contributed by atoms with Gasteiger partial charge in [0.1, 0.15) is 5.56 Å². The van der Waals surface area contributed by atoms with E-state index in [9.17, 15) is 4.79 Å². The fourth-order valence-corrected chi connectivity index (χ4v) is 5.59. The Hall–Kier alpha value is -2.58. The summed E-state index contributed by atoms with van der Waals surface area (Å²) in [5.74, 6) is 0.192. The van der Waals surface area contributed by atoms with Crippen molar-refractivity contribution in [2.24, 2.45) is 0 Å². The van der Waals surface area contributed by atoms with E-state index in [1.807, 2.05) is 6.07 Å². The van der Waals surface area contributed by atoms with Crippen molar-refractivity contribution >= 4 is 58.0 Å². The van der Waals surface area contributed by atoms with Gasteiger partial charge >= 0.3 is 0 Å². The molecule has 1 aliphatic carbocycles. The zero-order valence-electron chi connectivity index (χ0n) is 17.3. The molecule has 2 N–H and O–H groups in total. The van der Waals surface area contributed by atoms with Crippen LogP contribution in [-0.4, -0.2) is 29.2 Å². The lowest BCUT2D eigenvalue weighted by Crippen LogP contribution is -2.39. The Balaban J connectivity index is 1.25. The third kappa shape index (κ3) is 3.60. The predicted molar refractivity (Wildman–Crippen MR) is 128 cm³/mol. The van der Waals surface area contributed by atoms with Gasteiger partial charge < -0.3 is 15.4 Å². The number of fused-ring (bicyclic) bond motifs is 3. The maximum absolute atomic E-state index is 13.1. The van der Waals surface area contributed by atoms with Crippen LogP contribution in [0.2, 0.25) is 15.1 Å². The summed E-state index contributed by atoms with van der Waals surface area (Å²) in [6, 6.07) is 9.42. The van der Waals surface area contributed by atoms with E-state index in [-0.39, 0.29) is 34.1 Å². The predicted octanol–water partition coefficient (Wildman–Crippen LogP) is 5.31. The van der Waals surface area contributed by atoms with Crippen molar-refractivity contribution in [3.05, 3.63) is 68.3 Å². The van der Waals surface area contributed by atoms with Crippen molar-refractivity contribution in [2.45, 2.75) is 24.8 Å². The minimum Gasteiger partial charge on any atom is -0.455 e. The van der Waals surface area contributed by atoms with E-state index in [1.54, 1.807) is 0 Å². The molecule has 33 heavy (non-hydrogen) atoms. The Morgan fingerprint density at radius 2 is 1.91 bits per heavy atom. The van der Waals surface area contributed by atoms with Gasteiger partial charge in [-0.25, -0.2) is 4.98 Å². The lowest BCUT2D eigenvalue weighted by atomic mass is 9.88. The second-order valence-electron chi connectivity index (χ2n) is 8.52. The van der Waals surface area contributed by atoms with Crippen molar-refractivity contribution in [3.8, 4) is 5.88 Å².